The maximum atomic E-state index is 10.8. The largest absolute Gasteiger partial charge is 0.455 e. The van der Waals surface area contributed by atoms with Crippen molar-refractivity contribution in [3.63, 3.8) is 0 Å². The molecule has 6 nitrogen and oxygen atoms in total. The van der Waals surface area contributed by atoms with Gasteiger partial charge in [-0.2, -0.15) is 5.26 Å². The van der Waals surface area contributed by atoms with Crippen molar-refractivity contribution in [1.29, 1.82) is 5.26 Å². The molecule has 12 aromatic rings. The number of nitrogens with zero attached hydrogens (tertiary/aromatic N) is 5. The summed E-state index contributed by atoms with van der Waals surface area (Å²) >= 11 is 1.77. The number of para-hydroxylation sites is 3. The number of aromatic nitrogens is 2. The van der Waals surface area contributed by atoms with Gasteiger partial charge >= 0.3 is 0 Å². The first-order chi connectivity index (χ1) is 28.6. The molecule has 0 aliphatic rings. The number of furan rings is 1. The fourth-order valence-electron chi connectivity index (χ4n) is 9.19. The second-order valence-electron chi connectivity index (χ2n) is 14.5. The van der Waals surface area contributed by atoms with Crippen LogP contribution in [0.5, 0.6) is 0 Å². The lowest BCUT2D eigenvalue weighted by Gasteiger charge is -2.17. The van der Waals surface area contributed by atoms with Crippen LogP contribution in [-0.2, 0) is 0 Å². The number of benzene rings is 8. The fraction of sp³-hybridized carbons (Fsp3) is 0. The first-order valence-corrected chi connectivity index (χ1v) is 19.6. The quantitative estimate of drug-likeness (QED) is 0.169. The number of fused-ring (bicyclic) bond motifs is 14. The molecule has 7 heteroatoms. The van der Waals surface area contributed by atoms with Crippen molar-refractivity contribution in [2.45, 2.75) is 0 Å². The number of nitriles is 1. The first-order valence-electron chi connectivity index (χ1n) is 18.8. The highest BCUT2D eigenvalue weighted by Gasteiger charge is 2.24. The van der Waals surface area contributed by atoms with E-state index in [2.05, 4.69) is 97.7 Å². The monoisotopic (exact) mass is 755 g/mol. The van der Waals surface area contributed by atoms with E-state index >= 15 is 0 Å². The van der Waals surface area contributed by atoms with Crippen LogP contribution in [0.1, 0.15) is 5.56 Å². The van der Waals surface area contributed by atoms with Crippen LogP contribution in [0, 0.1) is 24.5 Å². The van der Waals surface area contributed by atoms with Gasteiger partial charge in [-0.3, -0.25) is 0 Å². The summed E-state index contributed by atoms with van der Waals surface area (Å²) in [6, 6.07) is 53.6. The Labute approximate surface area is 334 Å². The van der Waals surface area contributed by atoms with Gasteiger partial charge < -0.3 is 13.6 Å². The number of hydrogen-bond donors (Lipinski definition) is 0. The van der Waals surface area contributed by atoms with Crippen molar-refractivity contribution < 1.29 is 4.42 Å². The van der Waals surface area contributed by atoms with Gasteiger partial charge in [0.15, 0.2) is 11.4 Å². The van der Waals surface area contributed by atoms with E-state index in [-0.39, 0.29) is 0 Å². The Kier molecular flexibility index (Phi) is 6.61. The van der Waals surface area contributed by atoms with Gasteiger partial charge in [-0.05, 0) is 89.8 Å². The Balaban J connectivity index is 1.17. The summed E-state index contributed by atoms with van der Waals surface area (Å²) in [7, 11) is 0. The van der Waals surface area contributed by atoms with Crippen LogP contribution in [0.3, 0.4) is 0 Å². The number of hydrogen-bond acceptors (Lipinski definition) is 3. The maximum Gasteiger partial charge on any atom is 0.189 e. The molecule has 0 aliphatic heterocycles. The van der Waals surface area contributed by atoms with Gasteiger partial charge in [-0.25, -0.2) is 9.69 Å². The summed E-state index contributed by atoms with van der Waals surface area (Å²) in [5.41, 5.74) is 10.2. The molecule has 0 bridgehead atoms. The molecule has 0 saturated heterocycles. The molecule has 0 N–H and O–H groups in total. The van der Waals surface area contributed by atoms with E-state index in [1.54, 1.807) is 11.3 Å². The topological polar surface area (TPSA) is 55.5 Å². The molecule has 0 radical (unpaired) electrons. The lowest BCUT2D eigenvalue weighted by molar-refractivity contribution is 0.673. The van der Waals surface area contributed by atoms with Gasteiger partial charge in [-0.1, -0.05) is 72.8 Å². The van der Waals surface area contributed by atoms with Crippen molar-refractivity contribution in [2.24, 2.45) is 0 Å². The van der Waals surface area contributed by atoms with Crippen molar-refractivity contribution >= 4 is 108 Å². The molecule has 0 saturated carbocycles. The number of thiophene rings is 1. The molecule has 0 unspecified atom stereocenters. The van der Waals surface area contributed by atoms with E-state index in [4.69, 9.17) is 17.6 Å². The zero-order valence-electron chi connectivity index (χ0n) is 30.5. The third-order valence-corrected chi connectivity index (χ3v) is 12.7. The second-order valence-corrected chi connectivity index (χ2v) is 15.6. The van der Waals surface area contributed by atoms with Gasteiger partial charge in [0.2, 0.25) is 0 Å². The van der Waals surface area contributed by atoms with Crippen LogP contribution in [0.25, 0.3) is 118 Å². The van der Waals surface area contributed by atoms with Crippen molar-refractivity contribution in [2.75, 3.05) is 0 Å². The average Bonchev–Trinajstić information content (AvgIpc) is 4.03. The standard InChI is InChI=1S/C51H25N5OS/c1-53-31-18-20-41-39(27-31)47-42(22-23-46-49(47)38-13-5-8-17-45(38)58-46)55(41)33-25-30(24-32(26-33)54-2)34-14-9-10-29(28-52)50(34)56-40-15-6-3-12-37(40)48-43(56)21-19-36-35-11-4-7-16-44(35)57-51(36)48/h3-27H. The highest BCUT2D eigenvalue weighted by Crippen LogP contribution is 2.46. The molecule has 0 spiro atoms. The lowest BCUT2D eigenvalue weighted by Crippen LogP contribution is -2.01. The molecular weight excluding hydrogens is 731 g/mol. The van der Waals surface area contributed by atoms with E-state index in [1.807, 2.05) is 78.9 Å². The van der Waals surface area contributed by atoms with Crippen LogP contribution in [-0.4, -0.2) is 9.13 Å². The van der Waals surface area contributed by atoms with Crippen LogP contribution < -0.4 is 0 Å². The Morgan fingerprint density at radius 2 is 1.28 bits per heavy atom. The molecule has 0 fully saturated rings. The van der Waals surface area contributed by atoms with Gasteiger partial charge in [0.1, 0.15) is 17.2 Å². The van der Waals surface area contributed by atoms with Gasteiger partial charge in [0, 0.05) is 53.0 Å². The van der Waals surface area contributed by atoms with Gasteiger partial charge in [0.25, 0.3) is 0 Å². The Bertz CT molecular complexity index is 3910. The highest BCUT2D eigenvalue weighted by molar-refractivity contribution is 7.26. The highest BCUT2D eigenvalue weighted by atomic mass is 32.1. The van der Waals surface area contributed by atoms with E-state index < -0.39 is 0 Å². The van der Waals surface area contributed by atoms with Crippen molar-refractivity contribution in [1.82, 2.24) is 9.13 Å². The predicted octanol–water partition coefficient (Wildman–Crippen LogP) is 14.8. The molecule has 8 aromatic carbocycles. The Morgan fingerprint density at radius 3 is 2.14 bits per heavy atom. The molecule has 4 heterocycles. The molecule has 266 valence electrons. The SMILES string of the molecule is [C-]#[N+]c1cc(-c2cccc(C#N)c2-n2c3ccccc3c3c4oc5ccccc5c4ccc32)cc(-n2c3ccc([N+]#[C-])cc3c3c4c(ccc32)sc2ccccc24)c1. The second kappa shape index (κ2) is 11.9. The predicted molar refractivity (Wildman–Crippen MR) is 238 cm³/mol. The molecule has 12 rings (SSSR count). The molecular formula is C51H25N5OS. The Morgan fingerprint density at radius 1 is 0.534 bits per heavy atom. The van der Waals surface area contributed by atoms with Gasteiger partial charge in [0.05, 0.1) is 51.8 Å². The normalized spacial score (nSPS) is 11.7. The summed E-state index contributed by atoms with van der Waals surface area (Å²) in [6.45, 7) is 16.2. The van der Waals surface area contributed by atoms with Crippen molar-refractivity contribution in [3.05, 3.63) is 180 Å². The lowest BCUT2D eigenvalue weighted by atomic mass is 9.98. The summed E-state index contributed by atoms with van der Waals surface area (Å²) in [4.78, 5) is 7.81. The zero-order valence-corrected chi connectivity index (χ0v) is 31.3. The minimum atomic E-state index is 0.474. The van der Waals surface area contributed by atoms with E-state index in [1.165, 1.54) is 20.2 Å². The summed E-state index contributed by atoms with van der Waals surface area (Å²) in [5.74, 6) is 0. The Hall–Kier alpha value is -8.15. The first kappa shape index (κ1) is 32.1. The molecule has 58 heavy (non-hydrogen) atoms. The average molecular weight is 756 g/mol. The summed E-state index contributed by atoms with van der Waals surface area (Å²) in [6.07, 6.45) is 0. The zero-order chi connectivity index (χ0) is 38.6. The fourth-order valence-corrected chi connectivity index (χ4v) is 10.3. The van der Waals surface area contributed by atoms with Crippen LogP contribution in [0.15, 0.2) is 156 Å². The molecule has 0 amide bonds. The van der Waals surface area contributed by atoms with E-state index in [9.17, 15) is 5.26 Å². The summed E-state index contributed by atoms with van der Waals surface area (Å²) in [5, 5.41) is 19.3. The third-order valence-electron chi connectivity index (χ3n) is 11.5. The number of rotatable bonds is 3. The minimum absolute atomic E-state index is 0.474. The third kappa shape index (κ3) is 4.32. The van der Waals surface area contributed by atoms with Gasteiger partial charge in [-0.15, -0.1) is 11.3 Å². The van der Waals surface area contributed by atoms with E-state index in [0.717, 1.165) is 88.1 Å². The minimum Gasteiger partial charge on any atom is -0.455 e. The maximum absolute atomic E-state index is 10.8. The van der Waals surface area contributed by atoms with Crippen LogP contribution >= 0.6 is 11.3 Å². The van der Waals surface area contributed by atoms with Crippen LogP contribution in [0.4, 0.5) is 11.4 Å². The molecule has 0 atom stereocenters. The van der Waals surface area contributed by atoms with Crippen LogP contribution in [0.2, 0.25) is 0 Å². The molecule has 0 aliphatic carbocycles. The van der Waals surface area contributed by atoms with Crippen molar-refractivity contribution in [3.8, 4) is 28.6 Å². The molecule has 4 aromatic heterocycles. The smallest absolute Gasteiger partial charge is 0.189 e. The summed E-state index contributed by atoms with van der Waals surface area (Å²) < 4.78 is 13.4. The van der Waals surface area contributed by atoms with E-state index in [0.29, 0.717) is 16.9 Å².